The van der Waals surface area contributed by atoms with Crippen LogP contribution in [0.1, 0.15) is 20.8 Å². The largest absolute Gasteiger partial charge is 0.330 e. The molecule has 0 aliphatic carbocycles. The molecule has 0 aliphatic heterocycles. The number of hydrogen-bond acceptors (Lipinski definition) is 2. The predicted octanol–water partition coefficient (Wildman–Crippen LogP) is 2.41. The maximum absolute atomic E-state index is 13.2. The van der Waals surface area contributed by atoms with Gasteiger partial charge < -0.3 is 10.6 Å². The van der Waals surface area contributed by atoms with Crippen LogP contribution in [0.3, 0.4) is 0 Å². The summed E-state index contributed by atoms with van der Waals surface area (Å²) < 4.78 is 13.2. The number of nitrogens with two attached hydrogens (primary N) is 1. The number of hydrogen-bond donors (Lipinski definition) is 1. The zero-order valence-electron chi connectivity index (χ0n) is 11.2. The normalized spacial score (nSPS) is 12.6. The number of anilines is 1. The second-order valence-electron chi connectivity index (χ2n) is 4.65. The molecule has 1 aromatic carbocycles. The van der Waals surface area contributed by atoms with Gasteiger partial charge in [0.15, 0.2) is 0 Å². The molecular formula is C14H21FN2O. The van der Waals surface area contributed by atoms with E-state index in [0.29, 0.717) is 18.8 Å². The molecular weight excluding hydrogens is 231 g/mol. The summed E-state index contributed by atoms with van der Waals surface area (Å²) in [6.07, 6.45) is 0. The molecule has 2 N–H and O–H groups in total. The van der Waals surface area contributed by atoms with Crippen molar-refractivity contribution in [3.8, 4) is 0 Å². The summed E-state index contributed by atoms with van der Waals surface area (Å²) in [6, 6.07) is 6.08. The first-order valence-electron chi connectivity index (χ1n) is 6.28. The van der Waals surface area contributed by atoms with Crippen molar-refractivity contribution in [3.05, 3.63) is 30.1 Å². The van der Waals surface area contributed by atoms with Gasteiger partial charge in [0.25, 0.3) is 0 Å². The minimum atomic E-state index is -0.340. The summed E-state index contributed by atoms with van der Waals surface area (Å²) >= 11 is 0. The lowest BCUT2D eigenvalue weighted by Gasteiger charge is -2.27. The van der Waals surface area contributed by atoms with Gasteiger partial charge in [0.1, 0.15) is 5.82 Å². The quantitative estimate of drug-likeness (QED) is 0.874. The van der Waals surface area contributed by atoms with E-state index in [0.717, 1.165) is 0 Å². The molecule has 0 heterocycles. The summed E-state index contributed by atoms with van der Waals surface area (Å²) in [5.74, 6) is -0.438. The van der Waals surface area contributed by atoms with Gasteiger partial charge in [-0.15, -0.1) is 0 Å². The number of amides is 1. The number of halogens is 1. The molecule has 0 saturated carbocycles. The van der Waals surface area contributed by atoms with Crippen molar-refractivity contribution >= 4 is 11.6 Å². The van der Waals surface area contributed by atoms with Crippen LogP contribution < -0.4 is 10.6 Å². The van der Waals surface area contributed by atoms with E-state index in [1.165, 1.54) is 12.1 Å². The summed E-state index contributed by atoms with van der Waals surface area (Å²) in [4.78, 5) is 14.0. The second-order valence-corrected chi connectivity index (χ2v) is 4.65. The molecule has 1 atom stereocenters. The highest BCUT2D eigenvalue weighted by Crippen LogP contribution is 2.20. The smallest absolute Gasteiger partial charge is 0.231 e. The third kappa shape index (κ3) is 3.29. The molecule has 0 fully saturated rings. The highest BCUT2D eigenvalue weighted by molar-refractivity contribution is 5.95. The van der Waals surface area contributed by atoms with E-state index in [-0.39, 0.29) is 23.6 Å². The SMILES string of the molecule is CCN(C(=O)C(CN)C(C)C)c1cccc(F)c1. The lowest BCUT2D eigenvalue weighted by Crippen LogP contribution is -2.41. The molecule has 18 heavy (non-hydrogen) atoms. The molecule has 0 aromatic heterocycles. The van der Waals surface area contributed by atoms with Gasteiger partial charge >= 0.3 is 0 Å². The van der Waals surface area contributed by atoms with Gasteiger partial charge in [0.05, 0.1) is 5.92 Å². The summed E-state index contributed by atoms with van der Waals surface area (Å²) in [5.41, 5.74) is 6.24. The topological polar surface area (TPSA) is 46.3 Å². The molecule has 100 valence electrons. The summed E-state index contributed by atoms with van der Waals surface area (Å²) in [6.45, 7) is 6.62. The van der Waals surface area contributed by atoms with Crippen LogP contribution in [-0.2, 0) is 4.79 Å². The number of nitrogens with zero attached hydrogens (tertiary/aromatic N) is 1. The number of rotatable bonds is 5. The summed E-state index contributed by atoms with van der Waals surface area (Å²) in [5, 5.41) is 0. The van der Waals surface area contributed by atoms with E-state index < -0.39 is 0 Å². The Hall–Kier alpha value is -1.42. The molecule has 0 spiro atoms. The Bertz CT molecular complexity index is 407. The molecule has 0 saturated heterocycles. The monoisotopic (exact) mass is 252 g/mol. The fourth-order valence-corrected chi connectivity index (χ4v) is 1.97. The van der Waals surface area contributed by atoms with Crippen molar-refractivity contribution in [1.29, 1.82) is 0 Å². The first-order valence-corrected chi connectivity index (χ1v) is 6.28. The van der Waals surface area contributed by atoms with Gasteiger partial charge in [-0.25, -0.2) is 4.39 Å². The van der Waals surface area contributed by atoms with Gasteiger partial charge in [-0.3, -0.25) is 4.79 Å². The number of carbonyl (C=O) groups excluding carboxylic acids is 1. The third-order valence-corrected chi connectivity index (χ3v) is 3.08. The molecule has 0 bridgehead atoms. The van der Waals surface area contributed by atoms with Gasteiger partial charge in [-0.05, 0) is 31.0 Å². The van der Waals surface area contributed by atoms with Gasteiger partial charge in [0.2, 0.25) is 5.91 Å². The highest BCUT2D eigenvalue weighted by atomic mass is 19.1. The van der Waals surface area contributed by atoms with E-state index in [1.807, 2.05) is 20.8 Å². The molecule has 3 nitrogen and oxygen atoms in total. The first-order chi connectivity index (χ1) is 8.51. The fourth-order valence-electron chi connectivity index (χ4n) is 1.97. The summed E-state index contributed by atoms with van der Waals surface area (Å²) in [7, 11) is 0. The van der Waals surface area contributed by atoms with Gasteiger partial charge in [-0.1, -0.05) is 19.9 Å². The maximum Gasteiger partial charge on any atom is 0.231 e. The second kappa shape index (κ2) is 6.50. The zero-order valence-corrected chi connectivity index (χ0v) is 11.2. The van der Waals surface area contributed by atoms with Crippen LogP contribution in [0, 0.1) is 17.7 Å². The molecule has 4 heteroatoms. The standard InChI is InChI=1S/C14H21FN2O/c1-4-17(12-7-5-6-11(15)8-12)14(18)13(9-16)10(2)3/h5-8,10,13H,4,9,16H2,1-3H3. The number of benzene rings is 1. The van der Waals surface area contributed by atoms with Crippen LogP contribution in [0.4, 0.5) is 10.1 Å². The molecule has 0 aliphatic rings. The Morgan fingerprint density at radius 1 is 1.44 bits per heavy atom. The first kappa shape index (κ1) is 14.6. The van der Waals surface area contributed by atoms with E-state index in [9.17, 15) is 9.18 Å². The van der Waals surface area contributed by atoms with Crippen LogP contribution in [0.15, 0.2) is 24.3 Å². The van der Waals surface area contributed by atoms with Crippen molar-refractivity contribution in [2.75, 3.05) is 18.0 Å². The average Bonchev–Trinajstić information content (AvgIpc) is 2.30. The zero-order chi connectivity index (χ0) is 13.7. The van der Waals surface area contributed by atoms with E-state index in [1.54, 1.807) is 17.0 Å². The van der Waals surface area contributed by atoms with Crippen molar-refractivity contribution in [3.63, 3.8) is 0 Å². The van der Waals surface area contributed by atoms with Crippen LogP contribution >= 0.6 is 0 Å². The van der Waals surface area contributed by atoms with E-state index >= 15 is 0 Å². The van der Waals surface area contributed by atoms with E-state index in [4.69, 9.17) is 5.73 Å². The van der Waals surface area contributed by atoms with Crippen LogP contribution in [-0.4, -0.2) is 19.0 Å². The highest BCUT2D eigenvalue weighted by Gasteiger charge is 2.26. The molecule has 1 amide bonds. The Balaban J connectivity index is 2.99. The van der Waals surface area contributed by atoms with E-state index in [2.05, 4.69) is 0 Å². The Morgan fingerprint density at radius 3 is 2.56 bits per heavy atom. The minimum absolute atomic E-state index is 0.0411. The molecule has 0 radical (unpaired) electrons. The Kier molecular flexibility index (Phi) is 5.28. The van der Waals surface area contributed by atoms with Crippen LogP contribution in [0.25, 0.3) is 0 Å². The molecule has 1 aromatic rings. The lowest BCUT2D eigenvalue weighted by molar-refractivity contribution is -0.123. The minimum Gasteiger partial charge on any atom is -0.330 e. The van der Waals surface area contributed by atoms with Crippen molar-refractivity contribution < 1.29 is 9.18 Å². The third-order valence-electron chi connectivity index (χ3n) is 3.08. The Labute approximate surface area is 108 Å². The molecule has 1 unspecified atom stereocenters. The fraction of sp³-hybridized carbons (Fsp3) is 0.500. The van der Waals surface area contributed by atoms with Crippen LogP contribution in [0.2, 0.25) is 0 Å². The molecule has 1 rings (SSSR count). The van der Waals surface area contributed by atoms with Gasteiger partial charge in [-0.2, -0.15) is 0 Å². The average molecular weight is 252 g/mol. The predicted molar refractivity (Wildman–Crippen MR) is 71.8 cm³/mol. The lowest BCUT2D eigenvalue weighted by atomic mass is 9.94. The number of carbonyl (C=O) groups is 1. The van der Waals surface area contributed by atoms with Crippen molar-refractivity contribution in [2.24, 2.45) is 17.6 Å². The van der Waals surface area contributed by atoms with Crippen molar-refractivity contribution in [2.45, 2.75) is 20.8 Å². The van der Waals surface area contributed by atoms with Gasteiger partial charge in [0, 0.05) is 18.8 Å². The van der Waals surface area contributed by atoms with Crippen LogP contribution in [0.5, 0.6) is 0 Å². The Morgan fingerprint density at radius 2 is 2.11 bits per heavy atom. The van der Waals surface area contributed by atoms with Crippen molar-refractivity contribution in [1.82, 2.24) is 0 Å². The maximum atomic E-state index is 13.2.